The number of aromatic nitrogens is 1. The summed E-state index contributed by atoms with van der Waals surface area (Å²) in [4.78, 5) is 53.2. The van der Waals surface area contributed by atoms with Gasteiger partial charge in [-0.25, -0.2) is 4.79 Å². The summed E-state index contributed by atoms with van der Waals surface area (Å²) in [6.45, 7) is -0.359. The zero-order valence-electron chi connectivity index (χ0n) is 21.1. The van der Waals surface area contributed by atoms with E-state index in [-0.39, 0.29) is 19.4 Å². The fraction of sp³-hybridized carbons (Fsp3) is 0.333. The Hall–Kier alpha value is -3.83. The number of nitrogens with two attached hydrogens (primary N) is 1. The number of carbonyl (C=O) groups excluding carboxylic acids is 3. The molecule has 2 aromatic carbocycles. The van der Waals surface area contributed by atoms with Crippen LogP contribution in [0.1, 0.15) is 17.5 Å². The summed E-state index contributed by atoms with van der Waals surface area (Å²) in [6.07, 6.45) is 4.30. The van der Waals surface area contributed by atoms with Gasteiger partial charge in [0.05, 0.1) is 12.6 Å². The lowest BCUT2D eigenvalue weighted by atomic mass is 10.0. The first-order valence-electron chi connectivity index (χ1n) is 12.2. The van der Waals surface area contributed by atoms with Crippen LogP contribution < -0.4 is 21.7 Å². The Kier molecular flexibility index (Phi) is 10.7. The Morgan fingerprint density at radius 1 is 0.947 bits per heavy atom. The number of benzene rings is 2. The second-order valence-electron chi connectivity index (χ2n) is 8.88. The van der Waals surface area contributed by atoms with Gasteiger partial charge < -0.3 is 31.8 Å². The van der Waals surface area contributed by atoms with Crippen molar-refractivity contribution in [1.29, 1.82) is 0 Å². The van der Waals surface area contributed by atoms with E-state index in [0.29, 0.717) is 12.2 Å². The summed E-state index contributed by atoms with van der Waals surface area (Å²) in [5.74, 6) is -2.17. The van der Waals surface area contributed by atoms with E-state index in [1.807, 2.05) is 36.6 Å². The SMILES string of the molecule is CSCCC(N)C(=O)NCC(=O)NC(Cc1ccccc1)C(=O)NC(Cc1c[nH]c2ccccc12)C(=O)O. The number of aromatic amines is 1. The first-order chi connectivity index (χ1) is 18.3. The predicted octanol–water partition coefficient (Wildman–Crippen LogP) is 1.20. The molecule has 3 unspecified atom stereocenters. The van der Waals surface area contributed by atoms with Gasteiger partial charge in [-0.05, 0) is 35.6 Å². The number of para-hydroxylation sites is 1. The summed E-state index contributed by atoms with van der Waals surface area (Å²) in [7, 11) is 0. The number of rotatable bonds is 14. The first kappa shape index (κ1) is 28.7. The third-order valence-corrected chi connectivity index (χ3v) is 6.68. The molecule has 0 aliphatic heterocycles. The number of carboxylic acids is 1. The van der Waals surface area contributed by atoms with Crippen LogP contribution in [-0.4, -0.2) is 70.5 Å². The topological polar surface area (TPSA) is 166 Å². The van der Waals surface area contributed by atoms with E-state index in [9.17, 15) is 24.3 Å². The molecule has 0 bridgehead atoms. The lowest BCUT2D eigenvalue weighted by Gasteiger charge is -2.22. The van der Waals surface area contributed by atoms with Crippen molar-refractivity contribution in [2.24, 2.45) is 5.73 Å². The number of thioether (sulfide) groups is 1. The second-order valence-corrected chi connectivity index (χ2v) is 9.86. The van der Waals surface area contributed by atoms with Crippen molar-refractivity contribution in [2.45, 2.75) is 37.4 Å². The zero-order chi connectivity index (χ0) is 27.5. The lowest BCUT2D eigenvalue weighted by Crippen LogP contribution is -2.54. The predicted molar refractivity (Wildman–Crippen MR) is 148 cm³/mol. The number of amides is 3. The molecule has 1 aromatic heterocycles. The summed E-state index contributed by atoms with van der Waals surface area (Å²) >= 11 is 1.56. The average Bonchev–Trinajstić information content (AvgIpc) is 3.32. The van der Waals surface area contributed by atoms with Crippen molar-refractivity contribution in [2.75, 3.05) is 18.6 Å². The van der Waals surface area contributed by atoms with Crippen molar-refractivity contribution in [3.05, 3.63) is 71.9 Å². The van der Waals surface area contributed by atoms with E-state index in [0.717, 1.165) is 22.0 Å². The molecule has 0 aliphatic carbocycles. The Labute approximate surface area is 225 Å². The highest BCUT2D eigenvalue weighted by molar-refractivity contribution is 7.98. The van der Waals surface area contributed by atoms with Crippen molar-refractivity contribution in [3.8, 4) is 0 Å². The van der Waals surface area contributed by atoms with E-state index in [1.54, 1.807) is 42.2 Å². The minimum atomic E-state index is -1.22. The monoisotopic (exact) mass is 539 g/mol. The lowest BCUT2D eigenvalue weighted by molar-refractivity contribution is -0.142. The molecule has 0 saturated heterocycles. The van der Waals surface area contributed by atoms with Gasteiger partial charge in [-0.3, -0.25) is 14.4 Å². The molecule has 0 aliphatic rings. The number of H-pyrrole nitrogens is 1. The Balaban J connectivity index is 1.68. The molecule has 1 heterocycles. The first-order valence-corrected chi connectivity index (χ1v) is 13.6. The minimum Gasteiger partial charge on any atom is -0.480 e. The highest BCUT2D eigenvalue weighted by atomic mass is 32.2. The summed E-state index contributed by atoms with van der Waals surface area (Å²) < 4.78 is 0. The molecule has 3 atom stereocenters. The Morgan fingerprint density at radius 3 is 2.37 bits per heavy atom. The molecule has 0 saturated carbocycles. The molecule has 0 fully saturated rings. The number of carbonyl (C=O) groups is 4. The maximum Gasteiger partial charge on any atom is 0.326 e. The quantitative estimate of drug-likeness (QED) is 0.179. The Morgan fingerprint density at radius 2 is 1.66 bits per heavy atom. The summed E-state index contributed by atoms with van der Waals surface area (Å²) in [5.41, 5.74) is 8.22. The van der Waals surface area contributed by atoms with Crippen molar-refractivity contribution in [3.63, 3.8) is 0 Å². The molecule has 38 heavy (non-hydrogen) atoms. The average molecular weight is 540 g/mol. The van der Waals surface area contributed by atoms with Gasteiger partial charge in [0.25, 0.3) is 0 Å². The molecular weight excluding hydrogens is 506 g/mol. The van der Waals surface area contributed by atoms with Crippen LogP contribution in [0.3, 0.4) is 0 Å². The fourth-order valence-corrected chi connectivity index (χ4v) is 4.46. The Bertz CT molecular complexity index is 1250. The van der Waals surface area contributed by atoms with Gasteiger partial charge in [0.15, 0.2) is 0 Å². The van der Waals surface area contributed by atoms with Crippen LogP contribution >= 0.6 is 11.8 Å². The number of hydrogen-bond donors (Lipinski definition) is 6. The smallest absolute Gasteiger partial charge is 0.326 e. The molecule has 3 aromatic rings. The molecule has 0 radical (unpaired) electrons. The molecule has 11 heteroatoms. The van der Waals surface area contributed by atoms with Crippen LogP contribution in [0.4, 0.5) is 0 Å². The van der Waals surface area contributed by atoms with Crippen LogP contribution in [0.25, 0.3) is 10.9 Å². The normalized spacial score (nSPS) is 13.3. The third kappa shape index (κ3) is 8.35. The standard InChI is InChI=1S/C27H33N5O5S/c1-38-12-11-20(28)25(34)30-16-24(33)31-22(13-17-7-3-2-4-8-17)26(35)32-23(27(36)37)14-18-15-29-21-10-6-5-9-19(18)21/h2-10,15,20,22-23,29H,11-14,16,28H2,1H3,(H,30,34)(H,31,33)(H,32,35)(H,36,37). The van der Waals surface area contributed by atoms with Gasteiger partial charge in [-0.2, -0.15) is 11.8 Å². The maximum absolute atomic E-state index is 13.2. The number of fused-ring (bicyclic) bond motifs is 1. The summed E-state index contributed by atoms with van der Waals surface area (Å²) in [6, 6.07) is 13.5. The third-order valence-electron chi connectivity index (χ3n) is 6.04. The molecule has 0 spiro atoms. The van der Waals surface area contributed by atoms with Gasteiger partial charge in [0.2, 0.25) is 17.7 Å². The van der Waals surface area contributed by atoms with Gasteiger partial charge in [-0.1, -0.05) is 48.5 Å². The highest BCUT2D eigenvalue weighted by Gasteiger charge is 2.28. The molecule has 10 nitrogen and oxygen atoms in total. The number of hydrogen-bond acceptors (Lipinski definition) is 6. The van der Waals surface area contributed by atoms with E-state index < -0.39 is 41.8 Å². The van der Waals surface area contributed by atoms with Crippen LogP contribution in [-0.2, 0) is 32.0 Å². The van der Waals surface area contributed by atoms with E-state index in [2.05, 4.69) is 20.9 Å². The number of carboxylic acid groups (broad SMARTS) is 1. The van der Waals surface area contributed by atoms with Gasteiger partial charge in [0, 0.05) is 29.9 Å². The number of aliphatic carboxylic acids is 1. The van der Waals surface area contributed by atoms with Gasteiger partial charge in [0.1, 0.15) is 12.1 Å². The fourth-order valence-electron chi connectivity index (χ4n) is 3.97. The van der Waals surface area contributed by atoms with E-state index in [1.165, 1.54) is 0 Å². The zero-order valence-corrected chi connectivity index (χ0v) is 21.9. The van der Waals surface area contributed by atoms with E-state index >= 15 is 0 Å². The molecular formula is C27H33N5O5S. The van der Waals surface area contributed by atoms with Crippen LogP contribution in [0.15, 0.2) is 60.8 Å². The van der Waals surface area contributed by atoms with E-state index in [4.69, 9.17) is 5.73 Å². The minimum absolute atomic E-state index is 0.0566. The maximum atomic E-state index is 13.2. The molecule has 3 amide bonds. The van der Waals surface area contributed by atoms with Gasteiger partial charge in [-0.15, -0.1) is 0 Å². The van der Waals surface area contributed by atoms with Crippen molar-refractivity contribution >= 4 is 46.4 Å². The molecule has 3 rings (SSSR count). The van der Waals surface area contributed by atoms with Gasteiger partial charge >= 0.3 is 5.97 Å². The van der Waals surface area contributed by atoms with Crippen LogP contribution in [0.5, 0.6) is 0 Å². The van der Waals surface area contributed by atoms with Crippen molar-refractivity contribution < 1.29 is 24.3 Å². The largest absolute Gasteiger partial charge is 0.480 e. The summed E-state index contributed by atoms with van der Waals surface area (Å²) in [5, 5.41) is 18.4. The van der Waals surface area contributed by atoms with Crippen LogP contribution in [0.2, 0.25) is 0 Å². The molecule has 202 valence electrons. The molecule has 7 N–H and O–H groups in total. The number of nitrogens with one attached hydrogen (secondary N) is 4. The van der Waals surface area contributed by atoms with Crippen LogP contribution in [0, 0.1) is 0 Å². The van der Waals surface area contributed by atoms with Crippen molar-refractivity contribution in [1.82, 2.24) is 20.9 Å². The second kappa shape index (κ2) is 14.2. The highest BCUT2D eigenvalue weighted by Crippen LogP contribution is 2.19.